The first-order chi connectivity index (χ1) is 8.22. The van der Waals surface area contributed by atoms with Crippen molar-refractivity contribution in [2.45, 2.75) is 26.2 Å². The minimum atomic E-state index is -0.936. The molecule has 0 bridgehead atoms. The van der Waals surface area contributed by atoms with Gasteiger partial charge in [-0.25, -0.2) is 4.79 Å². The summed E-state index contributed by atoms with van der Waals surface area (Å²) in [6.07, 6.45) is 4.90. The third kappa shape index (κ3) is 2.54. The van der Waals surface area contributed by atoms with E-state index < -0.39 is 5.97 Å². The predicted molar refractivity (Wildman–Crippen MR) is 64.2 cm³/mol. The zero-order valence-corrected chi connectivity index (χ0v) is 9.96. The Balaban J connectivity index is 2.16. The fourth-order valence-electron chi connectivity index (χ4n) is 2.39. The average Bonchev–Trinajstić information content (AvgIpc) is 2.78. The number of hydrogen-bond acceptors (Lipinski definition) is 4. The highest BCUT2D eigenvalue weighted by atomic mass is 16.4. The summed E-state index contributed by atoms with van der Waals surface area (Å²) in [5.41, 5.74) is 0.247. The van der Waals surface area contributed by atoms with E-state index in [0.29, 0.717) is 11.7 Å². The number of hydrogen-bond donors (Lipinski definition) is 1. The minimum Gasteiger partial charge on any atom is -0.478 e. The van der Waals surface area contributed by atoms with Crippen LogP contribution in [0.1, 0.15) is 36.5 Å². The van der Waals surface area contributed by atoms with Crippen LogP contribution in [0.15, 0.2) is 12.3 Å². The first-order valence-electron chi connectivity index (χ1n) is 6.02. The van der Waals surface area contributed by atoms with Crippen molar-refractivity contribution in [3.63, 3.8) is 0 Å². The van der Waals surface area contributed by atoms with Gasteiger partial charge in [0.2, 0.25) is 0 Å². The Bertz CT molecular complexity index is 408. The van der Waals surface area contributed by atoms with Gasteiger partial charge in [0, 0.05) is 13.1 Å². The number of nitrogens with zero attached hydrogens (tertiary/aromatic N) is 3. The maximum atomic E-state index is 11.1. The molecule has 1 aromatic rings. The maximum Gasteiger partial charge on any atom is 0.339 e. The van der Waals surface area contributed by atoms with Gasteiger partial charge in [-0.15, -0.1) is 5.10 Å². The highest BCUT2D eigenvalue weighted by Crippen LogP contribution is 2.26. The summed E-state index contributed by atoms with van der Waals surface area (Å²) in [5.74, 6) is 0.232. The smallest absolute Gasteiger partial charge is 0.339 e. The molecule has 1 atom stereocenters. The second-order valence-electron chi connectivity index (χ2n) is 4.46. The van der Waals surface area contributed by atoms with E-state index in [4.69, 9.17) is 5.11 Å². The molecule has 1 saturated heterocycles. The number of aromatic nitrogens is 2. The first kappa shape index (κ1) is 11.8. The molecule has 1 aliphatic heterocycles. The molecule has 2 rings (SSSR count). The van der Waals surface area contributed by atoms with Gasteiger partial charge >= 0.3 is 5.97 Å². The molecule has 0 radical (unpaired) electrons. The molecule has 1 unspecified atom stereocenters. The van der Waals surface area contributed by atoms with E-state index in [1.54, 1.807) is 0 Å². The number of rotatable bonds is 4. The molecule has 1 aliphatic rings. The van der Waals surface area contributed by atoms with Crippen molar-refractivity contribution in [3.05, 3.63) is 17.8 Å². The van der Waals surface area contributed by atoms with Gasteiger partial charge in [0.15, 0.2) is 5.82 Å². The van der Waals surface area contributed by atoms with Gasteiger partial charge in [-0.2, -0.15) is 5.10 Å². The molecule has 2 heterocycles. The first-order valence-corrected chi connectivity index (χ1v) is 6.02. The molecule has 0 saturated carbocycles. The standard InChI is InChI=1S/C12H17N3O2/c1-2-3-9-5-7-15(8-9)11-10(12(16)17)4-6-13-14-11/h4,6,9H,2-3,5,7-8H2,1H3,(H,16,17). The second-order valence-corrected chi connectivity index (χ2v) is 4.46. The molecule has 92 valence electrons. The van der Waals surface area contributed by atoms with Gasteiger partial charge in [-0.3, -0.25) is 0 Å². The fourth-order valence-corrected chi connectivity index (χ4v) is 2.39. The normalized spacial score (nSPS) is 19.6. The lowest BCUT2D eigenvalue weighted by Crippen LogP contribution is -2.23. The van der Waals surface area contributed by atoms with Crippen LogP contribution in [0.4, 0.5) is 5.82 Å². The van der Waals surface area contributed by atoms with E-state index in [1.165, 1.54) is 25.1 Å². The number of carboxylic acids is 1. The molecular weight excluding hydrogens is 218 g/mol. The van der Waals surface area contributed by atoms with Crippen LogP contribution in [0.2, 0.25) is 0 Å². The molecule has 5 heteroatoms. The van der Waals surface area contributed by atoms with Gasteiger partial charge in [-0.05, 0) is 24.8 Å². The van der Waals surface area contributed by atoms with E-state index in [-0.39, 0.29) is 5.56 Å². The van der Waals surface area contributed by atoms with Crippen molar-refractivity contribution in [2.24, 2.45) is 5.92 Å². The molecule has 5 nitrogen and oxygen atoms in total. The van der Waals surface area contributed by atoms with Crippen LogP contribution >= 0.6 is 0 Å². The third-order valence-corrected chi connectivity index (χ3v) is 3.21. The van der Waals surface area contributed by atoms with Crippen LogP contribution in [0.5, 0.6) is 0 Å². The average molecular weight is 235 g/mol. The minimum absolute atomic E-state index is 0.247. The van der Waals surface area contributed by atoms with Crippen LogP contribution < -0.4 is 4.90 Å². The Morgan fingerprint density at radius 3 is 3.18 bits per heavy atom. The summed E-state index contributed by atoms with van der Waals surface area (Å²) in [7, 11) is 0. The second kappa shape index (κ2) is 5.12. The summed E-state index contributed by atoms with van der Waals surface area (Å²) < 4.78 is 0. The number of carbonyl (C=O) groups is 1. The van der Waals surface area contributed by atoms with E-state index >= 15 is 0 Å². The molecule has 1 N–H and O–H groups in total. The monoisotopic (exact) mass is 235 g/mol. The molecule has 1 fully saturated rings. The van der Waals surface area contributed by atoms with E-state index in [9.17, 15) is 4.79 Å². The topological polar surface area (TPSA) is 66.3 Å². The van der Waals surface area contributed by atoms with Crippen LogP contribution in [0, 0.1) is 5.92 Å². The summed E-state index contributed by atoms with van der Waals surface area (Å²) in [5, 5.41) is 16.9. The van der Waals surface area contributed by atoms with Crippen molar-refractivity contribution < 1.29 is 9.90 Å². The number of aromatic carboxylic acids is 1. The van der Waals surface area contributed by atoms with E-state index in [0.717, 1.165) is 19.5 Å². The molecule has 0 spiro atoms. The van der Waals surface area contributed by atoms with Crippen molar-refractivity contribution >= 4 is 11.8 Å². The lowest BCUT2D eigenvalue weighted by atomic mass is 10.0. The van der Waals surface area contributed by atoms with Crippen LogP contribution in [-0.4, -0.2) is 34.4 Å². The van der Waals surface area contributed by atoms with Crippen molar-refractivity contribution in [3.8, 4) is 0 Å². The number of carboxylic acid groups (broad SMARTS) is 1. The van der Waals surface area contributed by atoms with Crippen molar-refractivity contribution in [1.82, 2.24) is 10.2 Å². The SMILES string of the molecule is CCCC1CCN(c2nnccc2C(=O)O)C1. The lowest BCUT2D eigenvalue weighted by molar-refractivity contribution is 0.0697. The van der Waals surface area contributed by atoms with E-state index in [1.807, 2.05) is 4.90 Å². The van der Waals surface area contributed by atoms with Crippen LogP contribution in [0.25, 0.3) is 0 Å². The molecular formula is C12H17N3O2. The summed E-state index contributed by atoms with van der Waals surface area (Å²) in [4.78, 5) is 13.1. The Labute approximate surface area is 100 Å². The lowest BCUT2D eigenvalue weighted by Gasteiger charge is -2.18. The zero-order valence-electron chi connectivity index (χ0n) is 9.96. The molecule has 0 amide bonds. The van der Waals surface area contributed by atoms with Gasteiger partial charge in [-0.1, -0.05) is 13.3 Å². The largest absolute Gasteiger partial charge is 0.478 e. The Morgan fingerprint density at radius 2 is 2.47 bits per heavy atom. The summed E-state index contributed by atoms with van der Waals surface area (Å²) in [6.45, 7) is 3.95. The maximum absolute atomic E-state index is 11.1. The Kier molecular flexibility index (Phi) is 3.56. The summed E-state index contributed by atoms with van der Waals surface area (Å²) >= 11 is 0. The molecule has 17 heavy (non-hydrogen) atoms. The molecule has 0 aliphatic carbocycles. The van der Waals surface area contributed by atoms with Crippen LogP contribution in [0.3, 0.4) is 0 Å². The molecule has 1 aromatic heterocycles. The van der Waals surface area contributed by atoms with Gasteiger partial charge in [0.1, 0.15) is 5.56 Å². The predicted octanol–water partition coefficient (Wildman–Crippen LogP) is 1.80. The quantitative estimate of drug-likeness (QED) is 0.862. The van der Waals surface area contributed by atoms with Crippen molar-refractivity contribution in [2.75, 3.05) is 18.0 Å². The van der Waals surface area contributed by atoms with Gasteiger partial charge < -0.3 is 10.0 Å². The third-order valence-electron chi connectivity index (χ3n) is 3.21. The highest BCUT2D eigenvalue weighted by molar-refractivity contribution is 5.93. The Hall–Kier alpha value is -1.65. The van der Waals surface area contributed by atoms with Crippen molar-refractivity contribution in [1.29, 1.82) is 0 Å². The van der Waals surface area contributed by atoms with Gasteiger partial charge in [0.25, 0.3) is 0 Å². The fraction of sp³-hybridized carbons (Fsp3) is 0.583. The molecule has 0 aromatic carbocycles. The Morgan fingerprint density at radius 1 is 1.65 bits per heavy atom. The number of anilines is 1. The van der Waals surface area contributed by atoms with Gasteiger partial charge in [0.05, 0.1) is 6.20 Å². The van der Waals surface area contributed by atoms with E-state index in [2.05, 4.69) is 17.1 Å². The summed E-state index contributed by atoms with van der Waals surface area (Å²) in [6, 6.07) is 1.51. The van der Waals surface area contributed by atoms with Crippen LogP contribution in [-0.2, 0) is 0 Å². The zero-order chi connectivity index (χ0) is 12.3. The highest BCUT2D eigenvalue weighted by Gasteiger charge is 2.26.